The van der Waals surface area contributed by atoms with Crippen molar-refractivity contribution >= 4 is 51.0 Å². The van der Waals surface area contributed by atoms with Gasteiger partial charge in [0.25, 0.3) is 5.56 Å². The molecule has 0 aliphatic heterocycles. The standard InChI is InChI=1S/C23H17Cl2FN6O/c1-2-15(31-22-20-21(28-10-27-20)29-11-30-22)17-9-12-5-3-7-14(26)18(12)23(33)32(17)16-8-4-6-13(24)19(16)25/h3-11,15H,2H2,1H3,(H2,27,28,29,30,31)/t15-/m1/s1. The van der Waals surface area contributed by atoms with Crippen molar-refractivity contribution in [2.45, 2.75) is 19.4 Å². The lowest BCUT2D eigenvalue weighted by Gasteiger charge is -2.24. The molecule has 1 atom stereocenters. The van der Waals surface area contributed by atoms with E-state index in [2.05, 4.69) is 25.3 Å². The average Bonchev–Trinajstić information content (AvgIpc) is 3.29. The number of imidazole rings is 1. The van der Waals surface area contributed by atoms with Crippen molar-refractivity contribution in [3.63, 3.8) is 0 Å². The molecule has 33 heavy (non-hydrogen) atoms. The highest BCUT2D eigenvalue weighted by molar-refractivity contribution is 6.43. The van der Waals surface area contributed by atoms with Crippen molar-refractivity contribution in [2.75, 3.05) is 5.32 Å². The topological polar surface area (TPSA) is 88.5 Å². The Bertz CT molecular complexity index is 1560. The van der Waals surface area contributed by atoms with Crippen LogP contribution in [0.2, 0.25) is 10.0 Å². The van der Waals surface area contributed by atoms with Gasteiger partial charge in [-0.05, 0) is 36.1 Å². The van der Waals surface area contributed by atoms with Crippen molar-refractivity contribution in [1.82, 2.24) is 24.5 Å². The van der Waals surface area contributed by atoms with E-state index in [-0.39, 0.29) is 21.5 Å². The van der Waals surface area contributed by atoms with Crippen molar-refractivity contribution in [3.8, 4) is 5.69 Å². The van der Waals surface area contributed by atoms with Crippen molar-refractivity contribution < 1.29 is 4.39 Å². The number of hydrogen-bond acceptors (Lipinski definition) is 5. The first kappa shape index (κ1) is 21.4. The van der Waals surface area contributed by atoms with Crippen LogP contribution in [0.25, 0.3) is 27.6 Å². The molecule has 2 aromatic carbocycles. The van der Waals surface area contributed by atoms with Gasteiger partial charge in [-0.3, -0.25) is 9.36 Å². The number of anilines is 1. The van der Waals surface area contributed by atoms with E-state index in [1.54, 1.807) is 36.4 Å². The summed E-state index contributed by atoms with van der Waals surface area (Å²) in [5, 5.41) is 4.32. The molecule has 0 fully saturated rings. The van der Waals surface area contributed by atoms with Crippen LogP contribution in [0.1, 0.15) is 25.1 Å². The molecule has 166 valence electrons. The molecule has 0 saturated carbocycles. The first-order valence-corrected chi connectivity index (χ1v) is 10.9. The normalized spacial score (nSPS) is 12.4. The quantitative estimate of drug-likeness (QED) is 0.337. The second-order valence-corrected chi connectivity index (χ2v) is 8.20. The predicted octanol–water partition coefficient (Wildman–Crippen LogP) is 5.67. The lowest BCUT2D eigenvalue weighted by Crippen LogP contribution is -2.27. The first-order chi connectivity index (χ1) is 16.0. The van der Waals surface area contributed by atoms with Crippen molar-refractivity contribution in [3.05, 3.63) is 87.0 Å². The predicted molar refractivity (Wildman–Crippen MR) is 128 cm³/mol. The molecule has 10 heteroatoms. The van der Waals surface area contributed by atoms with Gasteiger partial charge in [-0.25, -0.2) is 19.3 Å². The second kappa shape index (κ2) is 8.46. The van der Waals surface area contributed by atoms with Crippen LogP contribution in [0.3, 0.4) is 0 Å². The zero-order chi connectivity index (χ0) is 23.1. The molecule has 3 heterocycles. The van der Waals surface area contributed by atoms with E-state index in [0.717, 1.165) is 0 Å². The maximum absolute atomic E-state index is 14.7. The van der Waals surface area contributed by atoms with Gasteiger partial charge in [0, 0.05) is 5.69 Å². The summed E-state index contributed by atoms with van der Waals surface area (Å²) in [6.45, 7) is 1.97. The fraction of sp³-hybridized carbons (Fsp3) is 0.130. The highest BCUT2D eigenvalue weighted by Gasteiger charge is 2.23. The van der Waals surface area contributed by atoms with Gasteiger partial charge in [0.2, 0.25) is 0 Å². The van der Waals surface area contributed by atoms with Crippen LogP contribution < -0.4 is 10.9 Å². The van der Waals surface area contributed by atoms with Crippen LogP contribution in [-0.4, -0.2) is 24.5 Å². The minimum atomic E-state index is -0.605. The molecule has 5 aromatic rings. The van der Waals surface area contributed by atoms with Crippen LogP contribution >= 0.6 is 23.2 Å². The Labute approximate surface area is 197 Å². The maximum atomic E-state index is 14.7. The lowest BCUT2D eigenvalue weighted by atomic mass is 10.0. The number of benzene rings is 2. The summed E-state index contributed by atoms with van der Waals surface area (Å²) in [6.07, 6.45) is 3.53. The minimum absolute atomic E-state index is 0.0230. The van der Waals surface area contributed by atoms with E-state index in [1.807, 2.05) is 6.92 Å². The lowest BCUT2D eigenvalue weighted by molar-refractivity contribution is 0.635. The number of hydrogen-bond donors (Lipinski definition) is 2. The minimum Gasteiger partial charge on any atom is -0.360 e. The number of fused-ring (bicyclic) bond motifs is 2. The van der Waals surface area contributed by atoms with E-state index in [0.29, 0.717) is 40.2 Å². The summed E-state index contributed by atoms with van der Waals surface area (Å²) in [6, 6.07) is 10.9. The molecule has 0 bridgehead atoms. The van der Waals surface area contributed by atoms with E-state index in [1.165, 1.54) is 23.3 Å². The summed E-state index contributed by atoms with van der Waals surface area (Å²) in [5.74, 6) is -0.0770. The largest absolute Gasteiger partial charge is 0.360 e. The molecule has 0 radical (unpaired) electrons. The second-order valence-electron chi connectivity index (χ2n) is 7.42. The number of nitrogens with zero attached hydrogens (tertiary/aromatic N) is 4. The molecular formula is C23H17Cl2FN6O. The summed E-state index contributed by atoms with van der Waals surface area (Å²) in [5.41, 5.74) is 1.56. The summed E-state index contributed by atoms with van der Waals surface area (Å²) < 4.78 is 16.1. The number of aromatic nitrogens is 5. The van der Waals surface area contributed by atoms with Crippen LogP contribution in [0.5, 0.6) is 0 Å². The molecule has 0 aliphatic carbocycles. The fourth-order valence-corrected chi connectivity index (χ4v) is 4.31. The Morgan fingerprint density at radius 1 is 1.15 bits per heavy atom. The highest BCUT2D eigenvalue weighted by atomic mass is 35.5. The third-order valence-corrected chi connectivity index (χ3v) is 6.30. The molecule has 0 amide bonds. The molecule has 0 unspecified atom stereocenters. The molecule has 0 spiro atoms. The number of halogens is 3. The smallest absolute Gasteiger partial charge is 0.266 e. The summed E-state index contributed by atoms with van der Waals surface area (Å²) in [4.78, 5) is 29.3. The maximum Gasteiger partial charge on any atom is 0.266 e. The van der Waals surface area contributed by atoms with Gasteiger partial charge < -0.3 is 10.3 Å². The van der Waals surface area contributed by atoms with E-state index in [9.17, 15) is 9.18 Å². The van der Waals surface area contributed by atoms with Crippen LogP contribution in [0.4, 0.5) is 10.2 Å². The molecule has 5 rings (SSSR count). The van der Waals surface area contributed by atoms with Gasteiger partial charge in [-0.1, -0.05) is 48.3 Å². The number of H-pyrrole nitrogens is 1. The van der Waals surface area contributed by atoms with E-state index >= 15 is 0 Å². The zero-order valence-corrected chi connectivity index (χ0v) is 18.8. The molecule has 0 saturated heterocycles. The molecule has 0 aliphatic rings. The zero-order valence-electron chi connectivity index (χ0n) is 17.3. The molecule has 3 aromatic heterocycles. The van der Waals surface area contributed by atoms with Gasteiger partial charge in [-0.2, -0.15) is 0 Å². The number of pyridine rings is 1. The average molecular weight is 483 g/mol. The Kier molecular flexibility index (Phi) is 5.47. The van der Waals surface area contributed by atoms with E-state index in [4.69, 9.17) is 23.2 Å². The summed E-state index contributed by atoms with van der Waals surface area (Å²) in [7, 11) is 0. The number of rotatable bonds is 5. The van der Waals surface area contributed by atoms with Crippen molar-refractivity contribution in [1.29, 1.82) is 0 Å². The molecule has 7 nitrogen and oxygen atoms in total. The van der Waals surface area contributed by atoms with Gasteiger partial charge in [0.15, 0.2) is 11.5 Å². The Morgan fingerprint density at radius 3 is 2.79 bits per heavy atom. The molecule has 2 N–H and O–H groups in total. The Hall–Kier alpha value is -3.49. The van der Waals surface area contributed by atoms with Gasteiger partial charge >= 0.3 is 0 Å². The van der Waals surface area contributed by atoms with Gasteiger partial charge in [0.1, 0.15) is 17.7 Å². The Balaban J connectivity index is 1.78. The number of nitrogens with one attached hydrogen (secondary N) is 2. The number of aromatic amines is 1. The SMILES string of the molecule is CC[C@@H](Nc1ncnc2nc[nH]c12)c1cc2cccc(F)c2c(=O)n1-c1cccc(Cl)c1Cl. The Morgan fingerprint density at radius 2 is 1.97 bits per heavy atom. The van der Waals surface area contributed by atoms with Gasteiger partial charge in [0.05, 0.1) is 33.5 Å². The highest BCUT2D eigenvalue weighted by Crippen LogP contribution is 2.33. The monoisotopic (exact) mass is 482 g/mol. The molecular weight excluding hydrogens is 466 g/mol. The third kappa shape index (κ3) is 3.61. The van der Waals surface area contributed by atoms with Gasteiger partial charge in [-0.15, -0.1) is 0 Å². The summed E-state index contributed by atoms with van der Waals surface area (Å²) >= 11 is 12.7. The third-order valence-electron chi connectivity index (χ3n) is 5.50. The van der Waals surface area contributed by atoms with Crippen molar-refractivity contribution in [2.24, 2.45) is 0 Å². The van der Waals surface area contributed by atoms with Crippen LogP contribution in [-0.2, 0) is 0 Å². The van der Waals surface area contributed by atoms with Crippen LogP contribution in [0, 0.1) is 5.82 Å². The van der Waals surface area contributed by atoms with E-state index < -0.39 is 11.4 Å². The first-order valence-electron chi connectivity index (χ1n) is 10.2. The van der Waals surface area contributed by atoms with Crippen LogP contribution in [0.15, 0.2) is 59.9 Å². The fourth-order valence-electron chi connectivity index (χ4n) is 3.93.